The van der Waals surface area contributed by atoms with E-state index < -0.39 is 23.3 Å². The number of halogens is 1. The largest absolute Gasteiger partial charge is 0.480 e. The maximum atomic E-state index is 11.9. The minimum absolute atomic E-state index is 0.280. The molecular weight excluding hydrogens is 352 g/mol. The topological polar surface area (TPSA) is 95.5 Å². The first kappa shape index (κ1) is 18.2. The normalized spacial score (nSPS) is 13.0. The highest BCUT2D eigenvalue weighted by atomic mass is 79.9. The van der Waals surface area contributed by atoms with Crippen LogP contribution in [0.3, 0.4) is 0 Å². The fourth-order valence-corrected chi connectivity index (χ4v) is 2.37. The summed E-state index contributed by atoms with van der Waals surface area (Å²) in [5.41, 5.74) is -0.913. The maximum absolute atomic E-state index is 11.9. The average molecular weight is 371 g/mol. The van der Waals surface area contributed by atoms with Crippen LogP contribution in [0.1, 0.15) is 37.0 Å². The van der Waals surface area contributed by atoms with Crippen molar-refractivity contribution in [1.29, 1.82) is 0 Å². The number of nitrogens with one attached hydrogen (secondary N) is 2. The van der Waals surface area contributed by atoms with Crippen molar-refractivity contribution in [1.82, 2.24) is 10.6 Å². The van der Waals surface area contributed by atoms with Crippen molar-refractivity contribution in [3.63, 3.8) is 0 Å². The van der Waals surface area contributed by atoms with Crippen LogP contribution in [-0.2, 0) is 9.59 Å². The SMILES string of the molecule is CCCC(C)(NC(=O)CNC(=O)c1cccc(Br)c1)C(=O)O. The van der Waals surface area contributed by atoms with Crippen LogP contribution in [0.5, 0.6) is 0 Å². The molecule has 0 saturated carbocycles. The summed E-state index contributed by atoms with van der Waals surface area (Å²) in [6.07, 6.45) is 0.932. The van der Waals surface area contributed by atoms with E-state index in [4.69, 9.17) is 0 Å². The molecule has 1 aromatic rings. The van der Waals surface area contributed by atoms with Gasteiger partial charge in [-0.15, -0.1) is 0 Å². The zero-order valence-electron chi connectivity index (χ0n) is 12.5. The van der Waals surface area contributed by atoms with Crippen molar-refractivity contribution in [3.8, 4) is 0 Å². The standard InChI is InChI=1S/C15H19BrN2O4/c1-3-7-15(2,14(21)22)18-12(19)9-17-13(20)10-5-4-6-11(16)8-10/h4-6,8H,3,7,9H2,1-2H3,(H,17,20)(H,18,19)(H,21,22). The summed E-state index contributed by atoms with van der Waals surface area (Å²) >= 11 is 3.26. The Balaban J connectivity index is 2.59. The lowest BCUT2D eigenvalue weighted by Gasteiger charge is -2.25. The predicted molar refractivity (Wildman–Crippen MR) is 85.6 cm³/mol. The van der Waals surface area contributed by atoms with E-state index in [2.05, 4.69) is 26.6 Å². The van der Waals surface area contributed by atoms with Crippen molar-refractivity contribution in [2.24, 2.45) is 0 Å². The van der Waals surface area contributed by atoms with Crippen LogP contribution in [0.15, 0.2) is 28.7 Å². The minimum Gasteiger partial charge on any atom is -0.480 e. The quantitative estimate of drug-likeness (QED) is 0.683. The number of benzene rings is 1. The maximum Gasteiger partial charge on any atom is 0.329 e. The van der Waals surface area contributed by atoms with E-state index in [1.807, 2.05) is 6.92 Å². The minimum atomic E-state index is -1.33. The number of carboxylic acids is 1. The second-order valence-electron chi connectivity index (χ2n) is 5.13. The summed E-state index contributed by atoms with van der Waals surface area (Å²) in [6, 6.07) is 6.75. The fourth-order valence-electron chi connectivity index (χ4n) is 1.97. The lowest BCUT2D eigenvalue weighted by atomic mass is 9.96. The molecule has 1 aromatic carbocycles. The predicted octanol–water partition coefficient (Wildman–Crippen LogP) is 1.94. The van der Waals surface area contributed by atoms with Gasteiger partial charge >= 0.3 is 5.97 Å². The van der Waals surface area contributed by atoms with Crippen LogP contribution >= 0.6 is 15.9 Å². The molecule has 1 unspecified atom stereocenters. The van der Waals surface area contributed by atoms with E-state index in [0.717, 1.165) is 4.47 Å². The van der Waals surface area contributed by atoms with E-state index in [1.54, 1.807) is 24.3 Å². The molecule has 120 valence electrons. The molecule has 0 spiro atoms. The molecule has 0 bridgehead atoms. The van der Waals surface area contributed by atoms with Gasteiger partial charge in [0.1, 0.15) is 5.54 Å². The van der Waals surface area contributed by atoms with Gasteiger partial charge in [0, 0.05) is 10.0 Å². The Morgan fingerprint density at radius 3 is 2.55 bits per heavy atom. The van der Waals surface area contributed by atoms with Crippen LogP contribution in [-0.4, -0.2) is 35.0 Å². The van der Waals surface area contributed by atoms with Crippen LogP contribution < -0.4 is 10.6 Å². The first-order chi connectivity index (χ1) is 10.3. The highest BCUT2D eigenvalue weighted by Crippen LogP contribution is 2.13. The Morgan fingerprint density at radius 2 is 2.00 bits per heavy atom. The van der Waals surface area contributed by atoms with Crippen molar-refractivity contribution in [2.75, 3.05) is 6.54 Å². The third-order valence-electron chi connectivity index (χ3n) is 3.13. The van der Waals surface area contributed by atoms with Crippen molar-refractivity contribution >= 4 is 33.7 Å². The van der Waals surface area contributed by atoms with E-state index >= 15 is 0 Å². The van der Waals surface area contributed by atoms with Gasteiger partial charge in [-0.25, -0.2) is 4.79 Å². The smallest absolute Gasteiger partial charge is 0.329 e. The molecule has 0 aliphatic carbocycles. The average Bonchev–Trinajstić information content (AvgIpc) is 2.44. The van der Waals surface area contributed by atoms with E-state index in [-0.39, 0.29) is 6.54 Å². The molecule has 2 amide bonds. The van der Waals surface area contributed by atoms with Gasteiger partial charge in [-0.05, 0) is 31.5 Å². The molecule has 1 atom stereocenters. The number of hydrogen-bond donors (Lipinski definition) is 3. The molecule has 0 fully saturated rings. The molecule has 0 aliphatic rings. The van der Waals surface area contributed by atoms with E-state index in [1.165, 1.54) is 6.92 Å². The van der Waals surface area contributed by atoms with Gasteiger partial charge in [0.05, 0.1) is 6.54 Å². The Labute approximate surface area is 137 Å². The Kier molecular flexibility index (Phi) is 6.55. The Bertz CT molecular complexity index is 576. The fraction of sp³-hybridized carbons (Fsp3) is 0.400. The molecule has 1 rings (SSSR count). The van der Waals surface area contributed by atoms with Gasteiger partial charge in [-0.3, -0.25) is 9.59 Å². The highest BCUT2D eigenvalue weighted by molar-refractivity contribution is 9.10. The lowest BCUT2D eigenvalue weighted by molar-refractivity contribution is -0.147. The van der Waals surface area contributed by atoms with Crippen LogP contribution in [0.25, 0.3) is 0 Å². The van der Waals surface area contributed by atoms with Crippen molar-refractivity contribution in [2.45, 2.75) is 32.2 Å². The third kappa shape index (κ3) is 5.14. The van der Waals surface area contributed by atoms with Gasteiger partial charge in [0.2, 0.25) is 5.91 Å². The Morgan fingerprint density at radius 1 is 1.32 bits per heavy atom. The van der Waals surface area contributed by atoms with E-state index in [0.29, 0.717) is 18.4 Å². The summed E-state index contributed by atoms with van der Waals surface area (Å²) in [5.74, 6) is -2.04. The number of carbonyl (C=O) groups is 3. The summed E-state index contributed by atoms with van der Waals surface area (Å²) in [4.78, 5) is 35.0. The molecule has 6 nitrogen and oxygen atoms in total. The second-order valence-corrected chi connectivity index (χ2v) is 6.04. The van der Waals surface area contributed by atoms with Crippen LogP contribution in [0.2, 0.25) is 0 Å². The highest BCUT2D eigenvalue weighted by Gasteiger charge is 2.33. The molecule has 0 aromatic heterocycles. The lowest BCUT2D eigenvalue weighted by Crippen LogP contribution is -2.54. The van der Waals surface area contributed by atoms with Crippen LogP contribution in [0, 0.1) is 0 Å². The van der Waals surface area contributed by atoms with Gasteiger partial charge in [-0.2, -0.15) is 0 Å². The summed E-state index contributed by atoms with van der Waals surface area (Å²) in [5, 5.41) is 14.1. The number of carboxylic acid groups (broad SMARTS) is 1. The molecule has 0 aliphatic heterocycles. The third-order valence-corrected chi connectivity index (χ3v) is 3.63. The number of aliphatic carboxylic acids is 1. The number of hydrogen-bond acceptors (Lipinski definition) is 3. The molecule has 0 heterocycles. The van der Waals surface area contributed by atoms with Crippen molar-refractivity contribution in [3.05, 3.63) is 34.3 Å². The van der Waals surface area contributed by atoms with E-state index in [9.17, 15) is 19.5 Å². The zero-order chi connectivity index (χ0) is 16.8. The summed E-state index contributed by atoms with van der Waals surface area (Å²) < 4.78 is 0.756. The van der Waals surface area contributed by atoms with Gasteiger partial charge in [-0.1, -0.05) is 35.3 Å². The molecular formula is C15H19BrN2O4. The molecule has 0 saturated heterocycles. The van der Waals surface area contributed by atoms with Gasteiger partial charge < -0.3 is 15.7 Å². The van der Waals surface area contributed by atoms with Crippen molar-refractivity contribution < 1.29 is 19.5 Å². The molecule has 0 radical (unpaired) electrons. The number of rotatable bonds is 7. The second kappa shape index (κ2) is 7.93. The van der Waals surface area contributed by atoms with Gasteiger partial charge in [0.25, 0.3) is 5.91 Å². The molecule has 3 N–H and O–H groups in total. The first-order valence-corrected chi connectivity index (χ1v) is 7.66. The molecule has 22 heavy (non-hydrogen) atoms. The molecule has 7 heteroatoms. The monoisotopic (exact) mass is 370 g/mol. The summed E-state index contributed by atoms with van der Waals surface area (Å²) in [7, 11) is 0. The Hall–Kier alpha value is -1.89. The number of amides is 2. The first-order valence-electron chi connectivity index (χ1n) is 6.86. The zero-order valence-corrected chi connectivity index (χ0v) is 14.1. The number of carbonyl (C=O) groups excluding carboxylic acids is 2. The van der Waals surface area contributed by atoms with Crippen LogP contribution in [0.4, 0.5) is 0 Å². The summed E-state index contributed by atoms with van der Waals surface area (Å²) in [6.45, 7) is 3.01. The van der Waals surface area contributed by atoms with Gasteiger partial charge in [0.15, 0.2) is 0 Å².